The van der Waals surface area contributed by atoms with E-state index in [2.05, 4.69) is 16.5 Å². The smallest absolute Gasteiger partial charge is 0.374 e. The Morgan fingerprint density at radius 2 is 2.12 bits per heavy atom. The fourth-order valence-corrected chi connectivity index (χ4v) is 0.837. The highest BCUT2D eigenvalue weighted by atomic mass is 16.6. The lowest BCUT2D eigenvalue weighted by atomic mass is 10.4. The van der Waals surface area contributed by atoms with Gasteiger partial charge in [-0.1, -0.05) is 6.58 Å². The highest BCUT2D eigenvalue weighted by molar-refractivity contribution is 5.87. The second-order valence-electron chi connectivity index (χ2n) is 2.99. The summed E-state index contributed by atoms with van der Waals surface area (Å²) >= 11 is 0. The Morgan fingerprint density at radius 1 is 1.44 bits per heavy atom. The molecule has 1 aromatic rings. The molecule has 0 saturated carbocycles. The van der Waals surface area contributed by atoms with Gasteiger partial charge in [0.2, 0.25) is 5.82 Å². The van der Waals surface area contributed by atoms with E-state index >= 15 is 0 Å². The summed E-state index contributed by atoms with van der Waals surface area (Å²) in [6, 6.07) is 0. The van der Waals surface area contributed by atoms with Gasteiger partial charge in [0, 0.05) is 18.0 Å². The van der Waals surface area contributed by atoms with E-state index in [0.717, 1.165) is 0 Å². The van der Waals surface area contributed by atoms with Gasteiger partial charge in [0.15, 0.2) is 0 Å². The second kappa shape index (κ2) is 5.69. The zero-order valence-corrected chi connectivity index (χ0v) is 8.86. The first kappa shape index (κ1) is 12.0. The van der Waals surface area contributed by atoms with Crippen LogP contribution in [0.15, 0.2) is 24.5 Å². The molecule has 0 spiro atoms. The van der Waals surface area contributed by atoms with Crippen LogP contribution in [-0.4, -0.2) is 35.1 Å². The van der Waals surface area contributed by atoms with Crippen molar-refractivity contribution in [2.75, 3.05) is 13.2 Å². The number of carbonyl (C=O) groups is 2. The third-order valence-electron chi connectivity index (χ3n) is 1.59. The number of aromatic amines is 1. The van der Waals surface area contributed by atoms with Crippen LogP contribution in [0.2, 0.25) is 0 Å². The standard InChI is InChI=1S/C10H12N2O4/c1-7(2)9(13)15-5-6-16-10(14)8-11-3-4-12-8/h3-4H,1,5-6H2,2H3,(H,11,12). The lowest BCUT2D eigenvalue weighted by Gasteiger charge is -2.04. The molecule has 0 unspecified atom stereocenters. The predicted molar refractivity (Wildman–Crippen MR) is 54.6 cm³/mol. The fourth-order valence-electron chi connectivity index (χ4n) is 0.837. The van der Waals surface area contributed by atoms with Crippen molar-refractivity contribution in [3.8, 4) is 0 Å². The number of esters is 2. The number of hydrogen-bond donors (Lipinski definition) is 1. The number of ether oxygens (including phenoxy) is 2. The van der Waals surface area contributed by atoms with Crippen LogP contribution >= 0.6 is 0 Å². The molecule has 0 atom stereocenters. The molecule has 16 heavy (non-hydrogen) atoms. The second-order valence-corrected chi connectivity index (χ2v) is 2.99. The minimum absolute atomic E-state index is 0.00184. The number of rotatable bonds is 5. The zero-order valence-electron chi connectivity index (χ0n) is 8.86. The summed E-state index contributed by atoms with van der Waals surface area (Å²) in [5.41, 5.74) is 0.303. The Bertz CT molecular complexity index is 384. The van der Waals surface area contributed by atoms with Crippen LogP contribution in [0, 0.1) is 0 Å². The van der Waals surface area contributed by atoms with Gasteiger partial charge in [0.1, 0.15) is 13.2 Å². The molecular weight excluding hydrogens is 212 g/mol. The van der Waals surface area contributed by atoms with Crippen molar-refractivity contribution >= 4 is 11.9 Å². The van der Waals surface area contributed by atoms with Gasteiger partial charge in [-0.25, -0.2) is 14.6 Å². The Morgan fingerprint density at radius 3 is 2.69 bits per heavy atom. The molecule has 0 amide bonds. The molecule has 0 saturated heterocycles. The molecule has 1 N–H and O–H groups in total. The van der Waals surface area contributed by atoms with Gasteiger partial charge in [0.05, 0.1) is 0 Å². The molecule has 6 nitrogen and oxygen atoms in total. The number of H-pyrrole nitrogens is 1. The van der Waals surface area contributed by atoms with Crippen LogP contribution in [-0.2, 0) is 14.3 Å². The maximum Gasteiger partial charge on any atom is 0.374 e. The number of nitrogens with one attached hydrogen (secondary N) is 1. The highest BCUT2D eigenvalue weighted by Gasteiger charge is 2.09. The summed E-state index contributed by atoms with van der Waals surface area (Å²) in [6.07, 6.45) is 2.95. The Balaban J connectivity index is 2.19. The van der Waals surface area contributed by atoms with Crippen molar-refractivity contribution in [2.45, 2.75) is 6.92 Å². The van der Waals surface area contributed by atoms with E-state index in [0.29, 0.717) is 5.57 Å². The summed E-state index contributed by atoms with van der Waals surface area (Å²) in [6.45, 7) is 4.93. The Hall–Kier alpha value is -2.11. The first-order valence-electron chi connectivity index (χ1n) is 4.60. The third-order valence-corrected chi connectivity index (χ3v) is 1.59. The minimum atomic E-state index is -0.587. The fraction of sp³-hybridized carbons (Fsp3) is 0.300. The summed E-state index contributed by atoms with van der Waals surface area (Å²) in [4.78, 5) is 28.4. The van der Waals surface area contributed by atoms with Gasteiger partial charge < -0.3 is 14.5 Å². The van der Waals surface area contributed by atoms with E-state index < -0.39 is 11.9 Å². The molecule has 0 aliphatic rings. The largest absolute Gasteiger partial charge is 0.459 e. The first-order valence-corrected chi connectivity index (χ1v) is 4.60. The number of hydrogen-bond acceptors (Lipinski definition) is 5. The molecule has 0 radical (unpaired) electrons. The van der Waals surface area contributed by atoms with Gasteiger partial charge in [-0.2, -0.15) is 0 Å². The normalized spacial score (nSPS) is 9.56. The molecule has 1 heterocycles. The molecule has 86 valence electrons. The molecule has 0 aliphatic carbocycles. The molecule has 6 heteroatoms. The van der Waals surface area contributed by atoms with Crippen molar-refractivity contribution in [1.82, 2.24) is 9.97 Å². The SMILES string of the molecule is C=C(C)C(=O)OCCOC(=O)c1ncc[nH]1. The Kier molecular flexibility index (Phi) is 4.26. The van der Waals surface area contributed by atoms with E-state index in [1.807, 2.05) is 0 Å². The van der Waals surface area contributed by atoms with Crippen LogP contribution in [0.4, 0.5) is 0 Å². The van der Waals surface area contributed by atoms with Gasteiger partial charge in [0.25, 0.3) is 0 Å². The van der Waals surface area contributed by atoms with Crippen LogP contribution in [0.25, 0.3) is 0 Å². The van der Waals surface area contributed by atoms with Crippen molar-refractivity contribution < 1.29 is 19.1 Å². The van der Waals surface area contributed by atoms with Crippen LogP contribution in [0.3, 0.4) is 0 Å². The average Bonchev–Trinajstić information content (AvgIpc) is 2.76. The predicted octanol–water partition coefficient (Wildman–Crippen LogP) is 0.686. The third kappa shape index (κ3) is 3.56. The van der Waals surface area contributed by atoms with E-state index in [4.69, 9.17) is 9.47 Å². The lowest BCUT2D eigenvalue weighted by molar-refractivity contribution is -0.140. The molecule has 0 aromatic carbocycles. The van der Waals surface area contributed by atoms with E-state index in [1.54, 1.807) is 0 Å². The number of nitrogens with zero attached hydrogens (tertiary/aromatic N) is 1. The highest BCUT2D eigenvalue weighted by Crippen LogP contribution is 1.94. The summed E-state index contributed by atoms with van der Waals surface area (Å²) < 4.78 is 9.50. The van der Waals surface area contributed by atoms with E-state index in [-0.39, 0.29) is 19.0 Å². The summed E-state index contributed by atoms with van der Waals surface area (Å²) in [5, 5.41) is 0. The first-order chi connectivity index (χ1) is 7.61. The van der Waals surface area contributed by atoms with Gasteiger partial charge in [-0.3, -0.25) is 0 Å². The van der Waals surface area contributed by atoms with Crippen LogP contribution in [0.1, 0.15) is 17.5 Å². The minimum Gasteiger partial charge on any atom is -0.459 e. The molecule has 0 bridgehead atoms. The van der Waals surface area contributed by atoms with Crippen LogP contribution < -0.4 is 0 Å². The van der Waals surface area contributed by atoms with Gasteiger partial charge in [-0.05, 0) is 6.92 Å². The lowest BCUT2D eigenvalue weighted by Crippen LogP contribution is -2.15. The van der Waals surface area contributed by atoms with E-state index in [1.165, 1.54) is 19.3 Å². The summed E-state index contributed by atoms with van der Waals surface area (Å²) in [5.74, 6) is -0.975. The quantitative estimate of drug-likeness (QED) is 0.452. The molecule has 0 aliphatic heterocycles. The maximum atomic E-state index is 11.2. The average molecular weight is 224 g/mol. The van der Waals surface area contributed by atoms with Crippen molar-refractivity contribution in [3.63, 3.8) is 0 Å². The number of aromatic nitrogens is 2. The van der Waals surface area contributed by atoms with Crippen molar-refractivity contribution in [2.24, 2.45) is 0 Å². The van der Waals surface area contributed by atoms with Crippen molar-refractivity contribution in [3.05, 3.63) is 30.4 Å². The monoisotopic (exact) mass is 224 g/mol. The molecule has 0 fully saturated rings. The van der Waals surface area contributed by atoms with Crippen molar-refractivity contribution in [1.29, 1.82) is 0 Å². The zero-order chi connectivity index (χ0) is 12.0. The topological polar surface area (TPSA) is 81.3 Å². The molecule has 1 rings (SSSR count). The summed E-state index contributed by atoms with van der Waals surface area (Å²) in [7, 11) is 0. The number of carbonyl (C=O) groups excluding carboxylic acids is 2. The number of imidazole rings is 1. The van der Waals surface area contributed by atoms with Crippen LogP contribution in [0.5, 0.6) is 0 Å². The van der Waals surface area contributed by atoms with Gasteiger partial charge >= 0.3 is 11.9 Å². The maximum absolute atomic E-state index is 11.2. The molecular formula is C10H12N2O4. The van der Waals surface area contributed by atoms with Gasteiger partial charge in [-0.15, -0.1) is 0 Å². The molecule has 1 aromatic heterocycles. The Labute approximate surface area is 92.3 Å². The van der Waals surface area contributed by atoms with E-state index in [9.17, 15) is 9.59 Å².